The van der Waals surface area contributed by atoms with Crippen LogP contribution in [0.15, 0.2) is 12.5 Å². The zero-order valence-electron chi connectivity index (χ0n) is 10.8. The molecule has 4 heteroatoms. The lowest BCUT2D eigenvalue weighted by Crippen LogP contribution is -2.26. The Labute approximate surface area is 103 Å². The van der Waals surface area contributed by atoms with Gasteiger partial charge in [-0.1, -0.05) is 13.8 Å². The molecule has 0 aromatic carbocycles. The third-order valence-electron chi connectivity index (χ3n) is 3.97. The molecule has 0 spiro atoms. The molecule has 1 unspecified atom stereocenters. The molecule has 2 rings (SSSR count). The van der Waals surface area contributed by atoms with E-state index in [4.69, 9.17) is 10.8 Å². The standard InChI is InChI=1S/C13H23N3O/c1-13(2)5-3-10(4-6-13)16-9-15-7-12(16)11(14)8-17/h7,9-11,17H,3-6,8,14H2,1-2H3. The Morgan fingerprint density at radius 1 is 1.53 bits per heavy atom. The molecule has 1 aliphatic carbocycles. The van der Waals surface area contributed by atoms with Gasteiger partial charge in [0.2, 0.25) is 0 Å². The van der Waals surface area contributed by atoms with Crippen LogP contribution in [0, 0.1) is 5.41 Å². The maximum atomic E-state index is 9.15. The molecule has 1 fully saturated rings. The Balaban J connectivity index is 2.11. The predicted octanol–water partition coefficient (Wildman–Crippen LogP) is 2.02. The van der Waals surface area contributed by atoms with E-state index in [0.29, 0.717) is 11.5 Å². The van der Waals surface area contributed by atoms with Gasteiger partial charge in [-0.2, -0.15) is 0 Å². The highest BCUT2D eigenvalue weighted by Crippen LogP contribution is 2.40. The van der Waals surface area contributed by atoms with Crippen LogP contribution in [0.2, 0.25) is 0 Å². The summed E-state index contributed by atoms with van der Waals surface area (Å²) in [5.74, 6) is 0. The number of imidazole rings is 1. The van der Waals surface area contributed by atoms with Gasteiger partial charge in [0.05, 0.1) is 24.7 Å². The zero-order chi connectivity index (χ0) is 12.5. The van der Waals surface area contributed by atoms with Gasteiger partial charge >= 0.3 is 0 Å². The third-order valence-corrected chi connectivity index (χ3v) is 3.97. The quantitative estimate of drug-likeness (QED) is 0.845. The van der Waals surface area contributed by atoms with Gasteiger partial charge in [-0.05, 0) is 31.1 Å². The van der Waals surface area contributed by atoms with Crippen molar-refractivity contribution in [3.8, 4) is 0 Å². The lowest BCUT2D eigenvalue weighted by Gasteiger charge is -2.35. The second kappa shape index (κ2) is 4.78. The highest BCUT2D eigenvalue weighted by Gasteiger charge is 2.28. The molecule has 0 aliphatic heterocycles. The van der Waals surface area contributed by atoms with E-state index in [-0.39, 0.29) is 12.6 Å². The fourth-order valence-electron chi connectivity index (χ4n) is 2.66. The molecule has 1 atom stereocenters. The van der Waals surface area contributed by atoms with Crippen molar-refractivity contribution in [1.29, 1.82) is 0 Å². The molecule has 1 saturated carbocycles. The summed E-state index contributed by atoms with van der Waals surface area (Å²) in [5, 5.41) is 9.15. The van der Waals surface area contributed by atoms with Crippen LogP contribution in [0.5, 0.6) is 0 Å². The molecule has 4 nitrogen and oxygen atoms in total. The first-order valence-electron chi connectivity index (χ1n) is 6.42. The Bertz CT molecular complexity index is 362. The minimum atomic E-state index is -0.313. The molecule has 0 bridgehead atoms. The second-order valence-corrected chi connectivity index (χ2v) is 5.91. The van der Waals surface area contributed by atoms with Gasteiger partial charge in [0.1, 0.15) is 0 Å². The predicted molar refractivity (Wildman–Crippen MR) is 67.5 cm³/mol. The van der Waals surface area contributed by atoms with E-state index >= 15 is 0 Å². The van der Waals surface area contributed by atoms with Crippen molar-refractivity contribution in [3.05, 3.63) is 18.2 Å². The van der Waals surface area contributed by atoms with Crippen LogP contribution in [0.4, 0.5) is 0 Å². The van der Waals surface area contributed by atoms with Crippen molar-refractivity contribution >= 4 is 0 Å². The molecule has 3 N–H and O–H groups in total. The monoisotopic (exact) mass is 237 g/mol. The summed E-state index contributed by atoms with van der Waals surface area (Å²) < 4.78 is 2.16. The van der Waals surface area contributed by atoms with E-state index in [2.05, 4.69) is 23.4 Å². The maximum Gasteiger partial charge on any atom is 0.0951 e. The fourth-order valence-corrected chi connectivity index (χ4v) is 2.66. The SMILES string of the molecule is CC1(C)CCC(n2cncc2C(N)CO)CC1. The van der Waals surface area contributed by atoms with Crippen LogP contribution < -0.4 is 5.73 Å². The molecule has 1 heterocycles. The van der Waals surface area contributed by atoms with Crippen LogP contribution in [0.1, 0.15) is 57.3 Å². The van der Waals surface area contributed by atoms with Gasteiger partial charge in [-0.3, -0.25) is 0 Å². The first-order chi connectivity index (χ1) is 8.03. The minimum absolute atomic E-state index is 0.0239. The number of rotatable bonds is 3. The van der Waals surface area contributed by atoms with Gasteiger partial charge in [0.25, 0.3) is 0 Å². The molecular formula is C13H23N3O. The molecule has 0 amide bonds. The van der Waals surface area contributed by atoms with Gasteiger partial charge in [0, 0.05) is 12.2 Å². The number of hydrogen-bond donors (Lipinski definition) is 2. The van der Waals surface area contributed by atoms with Gasteiger partial charge in [-0.15, -0.1) is 0 Å². The van der Waals surface area contributed by atoms with Gasteiger partial charge in [0.15, 0.2) is 0 Å². The normalized spacial score (nSPS) is 22.6. The molecule has 0 radical (unpaired) electrons. The average Bonchev–Trinajstić information content (AvgIpc) is 2.77. The summed E-state index contributed by atoms with van der Waals surface area (Å²) in [7, 11) is 0. The van der Waals surface area contributed by atoms with Crippen LogP contribution in [0.3, 0.4) is 0 Å². The summed E-state index contributed by atoms with van der Waals surface area (Å²) in [6, 6.07) is 0.186. The molecule has 0 saturated heterocycles. The van der Waals surface area contributed by atoms with Crippen molar-refractivity contribution in [1.82, 2.24) is 9.55 Å². The number of aliphatic hydroxyl groups is 1. The Morgan fingerprint density at radius 2 is 2.18 bits per heavy atom. The number of nitrogens with zero attached hydrogens (tertiary/aromatic N) is 2. The van der Waals surface area contributed by atoms with Crippen LogP contribution in [0.25, 0.3) is 0 Å². The fraction of sp³-hybridized carbons (Fsp3) is 0.769. The van der Waals surface area contributed by atoms with Crippen LogP contribution in [-0.2, 0) is 0 Å². The van der Waals surface area contributed by atoms with Gasteiger partial charge < -0.3 is 15.4 Å². The Kier molecular flexibility index (Phi) is 3.54. The number of nitrogens with two attached hydrogens (primary N) is 1. The summed E-state index contributed by atoms with van der Waals surface area (Å²) in [6.45, 7) is 4.64. The summed E-state index contributed by atoms with van der Waals surface area (Å²) in [6.07, 6.45) is 8.46. The smallest absolute Gasteiger partial charge is 0.0951 e. The Hall–Kier alpha value is -0.870. The van der Waals surface area contributed by atoms with E-state index < -0.39 is 0 Å². The lowest BCUT2D eigenvalue weighted by atomic mass is 9.75. The molecule has 1 aromatic rings. The van der Waals surface area contributed by atoms with Gasteiger partial charge in [-0.25, -0.2) is 4.98 Å². The van der Waals surface area contributed by atoms with Crippen LogP contribution in [-0.4, -0.2) is 21.3 Å². The van der Waals surface area contributed by atoms with E-state index in [1.807, 2.05) is 6.33 Å². The highest BCUT2D eigenvalue weighted by molar-refractivity contribution is 5.06. The number of hydrogen-bond acceptors (Lipinski definition) is 3. The van der Waals surface area contributed by atoms with Crippen molar-refractivity contribution in [2.24, 2.45) is 11.1 Å². The molecule has 17 heavy (non-hydrogen) atoms. The van der Waals surface area contributed by atoms with E-state index in [1.165, 1.54) is 25.7 Å². The second-order valence-electron chi connectivity index (χ2n) is 5.91. The van der Waals surface area contributed by atoms with E-state index in [9.17, 15) is 0 Å². The molecule has 1 aromatic heterocycles. The van der Waals surface area contributed by atoms with Crippen LogP contribution >= 0.6 is 0 Å². The largest absolute Gasteiger partial charge is 0.394 e. The van der Waals surface area contributed by atoms with Crippen molar-refractivity contribution in [2.45, 2.75) is 51.6 Å². The zero-order valence-corrected chi connectivity index (χ0v) is 10.8. The van der Waals surface area contributed by atoms with Crippen molar-refractivity contribution in [2.75, 3.05) is 6.61 Å². The van der Waals surface area contributed by atoms with Crippen molar-refractivity contribution < 1.29 is 5.11 Å². The molecular weight excluding hydrogens is 214 g/mol. The Morgan fingerprint density at radius 3 is 2.76 bits per heavy atom. The highest BCUT2D eigenvalue weighted by atomic mass is 16.3. The third kappa shape index (κ3) is 2.69. The maximum absolute atomic E-state index is 9.15. The lowest BCUT2D eigenvalue weighted by molar-refractivity contribution is 0.188. The first kappa shape index (κ1) is 12.6. The topological polar surface area (TPSA) is 64.1 Å². The van der Waals surface area contributed by atoms with E-state index in [1.54, 1.807) is 6.20 Å². The number of aliphatic hydroxyl groups excluding tert-OH is 1. The summed E-state index contributed by atoms with van der Waals surface area (Å²) in [5.41, 5.74) is 7.31. The van der Waals surface area contributed by atoms with Crippen molar-refractivity contribution in [3.63, 3.8) is 0 Å². The number of aromatic nitrogens is 2. The molecule has 1 aliphatic rings. The van der Waals surface area contributed by atoms with E-state index in [0.717, 1.165) is 5.69 Å². The first-order valence-corrected chi connectivity index (χ1v) is 6.42. The molecule has 96 valence electrons. The average molecular weight is 237 g/mol. The summed E-state index contributed by atoms with van der Waals surface area (Å²) >= 11 is 0. The summed E-state index contributed by atoms with van der Waals surface area (Å²) in [4.78, 5) is 4.17. The minimum Gasteiger partial charge on any atom is -0.394 e.